The SMILES string of the molecule is Brc1ccc(C(c2nncn2Cc2ccccc2)N2CCCN(C3CCC3)CC2)cc1. The van der Waals surface area contributed by atoms with Crippen molar-refractivity contribution in [1.29, 1.82) is 0 Å². The summed E-state index contributed by atoms with van der Waals surface area (Å²) in [6.45, 7) is 5.30. The van der Waals surface area contributed by atoms with Crippen molar-refractivity contribution in [2.45, 2.75) is 44.3 Å². The molecule has 31 heavy (non-hydrogen) atoms. The Labute approximate surface area is 193 Å². The third-order valence-electron chi connectivity index (χ3n) is 6.79. The molecule has 2 aromatic carbocycles. The molecule has 2 heterocycles. The van der Waals surface area contributed by atoms with E-state index in [9.17, 15) is 0 Å². The van der Waals surface area contributed by atoms with E-state index in [1.54, 1.807) is 0 Å². The molecule has 0 bridgehead atoms. The quantitative estimate of drug-likeness (QED) is 0.511. The highest BCUT2D eigenvalue weighted by Gasteiger charge is 2.31. The first-order valence-electron chi connectivity index (χ1n) is 11.4. The second-order valence-corrected chi connectivity index (χ2v) is 9.68. The van der Waals surface area contributed by atoms with Crippen LogP contribution in [-0.2, 0) is 6.54 Å². The summed E-state index contributed by atoms with van der Waals surface area (Å²) in [5.41, 5.74) is 2.55. The average Bonchev–Trinajstić information content (AvgIpc) is 3.06. The third kappa shape index (κ3) is 4.76. The van der Waals surface area contributed by atoms with Gasteiger partial charge in [-0.2, -0.15) is 0 Å². The van der Waals surface area contributed by atoms with Crippen LogP contribution in [-0.4, -0.2) is 56.8 Å². The van der Waals surface area contributed by atoms with Crippen molar-refractivity contribution in [3.05, 3.63) is 82.3 Å². The molecule has 1 aliphatic heterocycles. The van der Waals surface area contributed by atoms with Gasteiger partial charge in [-0.05, 0) is 49.1 Å². The first-order valence-corrected chi connectivity index (χ1v) is 12.2. The van der Waals surface area contributed by atoms with Crippen LogP contribution < -0.4 is 0 Å². The Kier molecular flexibility index (Phi) is 6.48. The highest BCUT2D eigenvalue weighted by Crippen LogP contribution is 2.31. The number of rotatable bonds is 6. The van der Waals surface area contributed by atoms with Gasteiger partial charge in [0.2, 0.25) is 0 Å². The first-order chi connectivity index (χ1) is 15.3. The van der Waals surface area contributed by atoms with Crippen molar-refractivity contribution in [2.24, 2.45) is 0 Å². The predicted octanol–water partition coefficient (Wildman–Crippen LogP) is 4.74. The molecule has 1 unspecified atom stereocenters. The zero-order valence-corrected chi connectivity index (χ0v) is 19.5. The predicted molar refractivity (Wildman–Crippen MR) is 127 cm³/mol. The molecule has 2 fully saturated rings. The van der Waals surface area contributed by atoms with E-state index in [0.717, 1.165) is 42.5 Å². The average molecular weight is 480 g/mol. The molecule has 1 atom stereocenters. The molecule has 0 radical (unpaired) electrons. The van der Waals surface area contributed by atoms with Gasteiger partial charge in [-0.3, -0.25) is 9.80 Å². The smallest absolute Gasteiger partial charge is 0.155 e. The molecular weight excluding hydrogens is 450 g/mol. The van der Waals surface area contributed by atoms with Gasteiger partial charge >= 0.3 is 0 Å². The molecule has 0 N–H and O–H groups in total. The topological polar surface area (TPSA) is 37.2 Å². The lowest BCUT2D eigenvalue weighted by Crippen LogP contribution is -2.42. The van der Waals surface area contributed by atoms with Crippen molar-refractivity contribution in [1.82, 2.24) is 24.6 Å². The number of halogens is 1. The summed E-state index contributed by atoms with van der Waals surface area (Å²) in [5.74, 6) is 1.03. The summed E-state index contributed by atoms with van der Waals surface area (Å²) in [5, 5.41) is 8.98. The van der Waals surface area contributed by atoms with E-state index >= 15 is 0 Å². The highest BCUT2D eigenvalue weighted by molar-refractivity contribution is 9.10. The van der Waals surface area contributed by atoms with Gasteiger partial charge in [0.25, 0.3) is 0 Å². The van der Waals surface area contributed by atoms with E-state index < -0.39 is 0 Å². The summed E-state index contributed by atoms with van der Waals surface area (Å²) < 4.78 is 3.32. The van der Waals surface area contributed by atoms with Crippen LogP contribution in [0.4, 0.5) is 0 Å². The van der Waals surface area contributed by atoms with E-state index in [0.29, 0.717) is 0 Å². The molecule has 5 nitrogen and oxygen atoms in total. The molecule has 2 aliphatic rings. The van der Waals surface area contributed by atoms with Gasteiger partial charge in [0.05, 0.1) is 12.6 Å². The monoisotopic (exact) mass is 479 g/mol. The number of nitrogens with zero attached hydrogens (tertiary/aromatic N) is 5. The Morgan fingerprint density at radius 2 is 1.71 bits per heavy atom. The van der Waals surface area contributed by atoms with Crippen LogP contribution in [0, 0.1) is 0 Å². The maximum Gasteiger partial charge on any atom is 0.155 e. The summed E-state index contributed by atoms with van der Waals surface area (Å²) >= 11 is 3.60. The molecule has 1 saturated heterocycles. The van der Waals surface area contributed by atoms with Gasteiger partial charge in [0.1, 0.15) is 6.33 Å². The van der Waals surface area contributed by atoms with E-state index in [1.165, 1.54) is 43.4 Å². The van der Waals surface area contributed by atoms with Gasteiger partial charge in [-0.25, -0.2) is 0 Å². The molecule has 1 aliphatic carbocycles. The maximum absolute atomic E-state index is 4.64. The Hall–Kier alpha value is -2.02. The largest absolute Gasteiger partial charge is 0.311 e. The zero-order chi connectivity index (χ0) is 21.0. The minimum absolute atomic E-state index is 0.112. The fourth-order valence-corrected chi connectivity index (χ4v) is 5.14. The minimum atomic E-state index is 0.112. The number of aromatic nitrogens is 3. The molecule has 0 amide bonds. The van der Waals surface area contributed by atoms with Crippen LogP contribution in [0.25, 0.3) is 0 Å². The first kappa shape index (κ1) is 20.9. The van der Waals surface area contributed by atoms with Gasteiger partial charge in [0.15, 0.2) is 5.82 Å². The van der Waals surface area contributed by atoms with Crippen molar-refractivity contribution < 1.29 is 0 Å². The highest BCUT2D eigenvalue weighted by atomic mass is 79.9. The Balaban J connectivity index is 1.44. The Morgan fingerprint density at radius 1 is 0.903 bits per heavy atom. The molecule has 6 heteroatoms. The van der Waals surface area contributed by atoms with E-state index in [1.807, 2.05) is 6.33 Å². The van der Waals surface area contributed by atoms with Crippen LogP contribution in [0.3, 0.4) is 0 Å². The molecule has 162 valence electrons. The Morgan fingerprint density at radius 3 is 2.45 bits per heavy atom. The van der Waals surface area contributed by atoms with Crippen LogP contribution in [0.15, 0.2) is 65.4 Å². The van der Waals surface area contributed by atoms with Crippen molar-refractivity contribution in [2.75, 3.05) is 26.2 Å². The summed E-state index contributed by atoms with van der Waals surface area (Å²) in [4.78, 5) is 5.34. The third-order valence-corrected chi connectivity index (χ3v) is 7.32. The van der Waals surface area contributed by atoms with Crippen LogP contribution in [0.2, 0.25) is 0 Å². The molecule has 0 spiro atoms. The summed E-state index contributed by atoms with van der Waals surface area (Å²) in [6, 6.07) is 20.2. The van der Waals surface area contributed by atoms with Crippen molar-refractivity contribution in [3.63, 3.8) is 0 Å². The van der Waals surface area contributed by atoms with Crippen molar-refractivity contribution >= 4 is 15.9 Å². The molecule has 5 rings (SSSR count). The lowest BCUT2D eigenvalue weighted by Gasteiger charge is -2.37. The minimum Gasteiger partial charge on any atom is -0.311 e. The normalized spacial score (nSPS) is 19.6. The van der Waals surface area contributed by atoms with Gasteiger partial charge in [0, 0.05) is 30.1 Å². The summed E-state index contributed by atoms with van der Waals surface area (Å²) in [6.07, 6.45) is 7.24. The number of hydrogen-bond donors (Lipinski definition) is 0. The van der Waals surface area contributed by atoms with Crippen molar-refractivity contribution in [3.8, 4) is 0 Å². The lowest BCUT2D eigenvalue weighted by atomic mass is 9.91. The molecule has 3 aromatic rings. The number of hydrogen-bond acceptors (Lipinski definition) is 4. The van der Waals surface area contributed by atoms with Crippen LogP contribution >= 0.6 is 15.9 Å². The standard InChI is InChI=1S/C25H30BrN5/c26-22-12-10-21(11-13-22)24(30-15-5-14-29(16-17-30)23-8-4-9-23)25-28-27-19-31(25)18-20-6-2-1-3-7-20/h1-3,6-7,10-13,19,23-24H,4-5,8-9,14-18H2. The van der Waals surface area contributed by atoms with Crippen LogP contribution in [0.1, 0.15) is 48.7 Å². The van der Waals surface area contributed by atoms with Gasteiger partial charge in [-0.15, -0.1) is 10.2 Å². The Bertz CT molecular complexity index is 967. The number of benzene rings is 2. The van der Waals surface area contributed by atoms with Gasteiger partial charge in [-0.1, -0.05) is 64.8 Å². The second kappa shape index (κ2) is 9.63. The molecule has 1 aromatic heterocycles. The van der Waals surface area contributed by atoms with Gasteiger partial charge < -0.3 is 4.57 Å². The van der Waals surface area contributed by atoms with Crippen LogP contribution in [0.5, 0.6) is 0 Å². The lowest BCUT2D eigenvalue weighted by molar-refractivity contribution is 0.127. The van der Waals surface area contributed by atoms with E-state index in [4.69, 9.17) is 0 Å². The molecular formula is C25H30BrN5. The maximum atomic E-state index is 4.64. The zero-order valence-electron chi connectivity index (χ0n) is 17.9. The summed E-state index contributed by atoms with van der Waals surface area (Å²) in [7, 11) is 0. The molecule has 1 saturated carbocycles. The van der Waals surface area contributed by atoms with E-state index in [2.05, 4.69) is 95.1 Å². The fourth-order valence-electron chi connectivity index (χ4n) is 4.88. The van der Waals surface area contributed by atoms with E-state index in [-0.39, 0.29) is 6.04 Å². The fraction of sp³-hybridized carbons (Fsp3) is 0.440. The second-order valence-electron chi connectivity index (χ2n) is 8.77.